The Morgan fingerprint density at radius 2 is 2.08 bits per heavy atom. The van der Waals surface area contributed by atoms with Crippen LogP contribution in [0.3, 0.4) is 0 Å². The van der Waals surface area contributed by atoms with Crippen molar-refractivity contribution in [3.05, 3.63) is 29.8 Å². The minimum atomic E-state index is -0.560. The van der Waals surface area contributed by atoms with Crippen LogP contribution in [0.4, 0.5) is 0 Å². The summed E-state index contributed by atoms with van der Waals surface area (Å²) in [5, 5.41) is 0. The largest absolute Gasteiger partial charge is 0.481 e. The lowest BCUT2D eigenvalue weighted by Gasteiger charge is -2.38. The summed E-state index contributed by atoms with van der Waals surface area (Å²) in [5.41, 5.74) is 0.593. The van der Waals surface area contributed by atoms with Crippen LogP contribution in [-0.4, -0.2) is 60.8 Å². The second-order valence-electron chi connectivity index (χ2n) is 6.79. The average Bonchev–Trinajstić information content (AvgIpc) is 2.54. The fourth-order valence-corrected chi connectivity index (χ4v) is 3.18. The quantitative estimate of drug-likeness (QED) is 0.752. The van der Waals surface area contributed by atoms with E-state index < -0.39 is 6.10 Å². The van der Waals surface area contributed by atoms with Gasteiger partial charge in [-0.1, -0.05) is 12.1 Å². The van der Waals surface area contributed by atoms with Crippen LogP contribution in [-0.2, 0) is 4.79 Å². The van der Waals surface area contributed by atoms with Gasteiger partial charge in [-0.05, 0) is 59.3 Å². The van der Waals surface area contributed by atoms with Crippen LogP contribution in [0.15, 0.2) is 24.3 Å². The van der Waals surface area contributed by atoms with E-state index in [9.17, 15) is 9.59 Å². The monoisotopic (exact) mass is 332 g/mol. The van der Waals surface area contributed by atoms with E-state index in [-0.39, 0.29) is 17.7 Å². The van der Waals surface area contributed by atoms with Gasteiger partial charge in [0.25, 0.3) is 5.91 Å². The van der Waals surface area contributed by atoms with E-state index in [4.69, 9.17) is 4.74 Å². The Labute approximate surface area is 144 Å². The van der Waals surface area contributed by atoms with Crippen LogP contribution in [0.2, 0.25) is 0 Å². The number of ketones is 1. The van der Waals surface area contributed by atoms with Gasteiger partial charge in [0.2, 0.25) is 0 Å². The van der Waals surface area contributed by atoms with E-state index >= 15 is 0 Å². The summed E-state index contributed by atoms with van der Waals surface area (Å²) in [7, 11) is 4.06. The van der Waals surface area contributed by atoms with Crippen molar-refractivity contribution in [1.29, 1.82) is 0 Å². The Morgan fingerprint density at radius 1 is 1.33 bits per heavy atom. The molecule has 0 radical (unpaired) electrons. The third-order valence-corrected chi connectivity index (χ3v) is 4.39. The van der Waals surface area contributed by atoms with E-state index in [0.29, 0.717) is 11.3 Å². The number of amides is 1. The molecule has 0 bridgehead atoms. The number of carbonyl (C=O) groups excluding carboxylic acids is 2. The highest BCUT2D eigenvalue weighted by atomic mass is 16.5. The zero-order chi connectivity index (χ0) is 17.7. The number of hydrogen-bond donors (Lipinski definition) is 0. The fraction of sp³-hybridized carbons (Fsp3) is 0.579. The highest BCUT2D eigenvalue weighted by Crippen LogP contribution is 2.21. The molecule has 132 valence electrons. The van der Waals surface area contributed by atoms with Gasteiger partial charge in [-0.25, -0.2) is 0 Å². The summed E-state index contributed by atoms with van der Waals surface area (Å²) in [6.45, 7) is 4.97. The first-order chi connectivity index (χ1) is 11.4. The first-order valence-electron chi connectivity index (χ1n) is 8.61. The molecule has 24 heavy (non-hydrogen) atoms. The number of benzene rings is 1. The van der Waals surface area contributed by atoms with Crippen molar-refractivity contribution in [2.24, 2.45) is 0 Å². The normalized spacial score (nSPS) is 19.2. The zero-order valence-electron chi connectivity index (χ0n) is 15.1. The molecule has 0 N–H and O–H groups in total. The second kappa shape index (κ2) is 8.29. The lowest BCUT2D eigenvalue weighted by molar-refractivity contribution is -0.142. The molecule has 1 saturated heterocycles. The van der Waals surface area contributed by atoms with E-state index in [1.165, 1.54) is 6.92 Å². The highest BCUT2D eigenvalue weighted by molar-refractivity contribution is 5.94. The summed E-state index contributed by atoms with van der Waals surface area (Å²) >= 11 is 0. The number of ether oxygens (including phenoxy) is 1. The number of nitrogens with zero attached hydrogens (tertiary/aromatic N) is 2. The van der Waals surface area contributed by atoms with Crippen molar-refractivity contribution < 1.29 is 14.3 Å². The minimum absolute atomic E-state index is 0.0125. The van der Waals surface area contributed by atoms with Gasteiger partial charge in [0.15, 0.2) is 11.9 Å². The van der Waals surface area contributed by atoms with Crippen LogP contribution in [0.25, 0.3) is 0 Å². The number of piperidine rings is 1. The second-order valence-corrected chi connectivity index (χ2v) is 6.79. The number of Topliss-reactive ketones (excluding diaryl/α,β-unsaturated/α-hetero) is 1. The molecule has 0 saturated carbocycles. The minimum Gasteiger partial charge on any atom is -0.481 e. The molecule has 0 aliphatic carbocycles. The lowest BCUT2D eigenvalue weighted by Crippen LogP contribution is -2.52. The smallest absolute Gasteiger partial charge is 0.263 e. The molecule has 1 fully saturated rings. The van der Waals surface area contributed by atoms with Crippen LogP contribution in [0.1, 0.15) is 43.5 Å². The summed E-state index contributed by atoms with van der Waals surface area (Å²) in [5.74, 6) is 0.570. The molecule has 0 spiro atoms. The molecular weight excluding hydrogens is 304 g/mol. The van der Waals surface area contributed by atoms with Gasteiger partial charge in [0.05, 0.1) is 0 Å². The Hall–Kier alpha value is -1.88. The molecule has 1 aliphatic heterocycles. The van der Waals surface area contributed by atoms with Gasteiger partial charge in [0.1, 0.15) is 5.75 Å². The number of carbonyl (C=O) groups is 2. The van der Waals surface area contributed by atoms with E-state index in [1.807, 2.05) is 19.0 Å². The van der Waals surface area contributed by atoms with Gasteiger partial charge in [-0.2, -0.15) is 0 Å². The topological polar surface area (TPSA) is 49.9 Å². The maximum atomic E-state index is 12.8. The van der Waals surface area contributed by atoms with E-state index in [2.05, 4.69) is 4.90 Å². The molecule has 0 aromatic heterocycles. The molecule has 1 aromatic rings. The number of likely N-dealkylation sites (tertiary alicyclic amines) is 1. The number of likely N-dealkylation sites (N-methyl/N-ethyl adjacent to an activating group) is 1. The van der Waals surface area contributed by atoms with Crippen molar-refractivity contribution in [3.8, 4) is 5.75 Å². The summed E-state index contributed by atoms with van der Waals surface area (Å²) < 4.78 is 5.82. The van der Waals surface area contributed by atoms with Crippen LogP contribution >= 0.6 is 0 Å². The summed E-state index contributed by atoms with van der Waals surface area (Å²) in [4.78, 5) is 28.4. The van der Waals surface area contributed by atoms with Gasteiger partial charge < -0.3 is 14.5 Å². The molecule has 5 heteroatoms. The molecule has 2 atom stereocenters. The van der Waals surface area contributed by atoms with Crippen LogP contribution in [0, 0.1) is 0 Å². The van der Waals surface area contributed by atoms with E-state index in [1.54, 1.807) is 31.2 Å². The van der Waals surface area contributed by atoms with Crippen molar-refractivity contribution in [1.82, 2.24) is 9.80 Å². The maximum Gasteiger partial charge on any atom is 0.263 e. The molecule has 1 aromatic carbocycles. The van der Waals surface area contributed by atoms with Gasteiger partial charge in [0, 0.05) is 24.7 Å². The Balaban J connectivity index is 2.05. The van der Waals surface area contributed by atoms with Gasteiger partial charge in [-0.15, -0.1) is 0 Å². The predicted molar refractivity (Wildman–Crippen MR) is 94.4 cm³/mol. The van der Waals surface area contributed by atoms with Gasteiger partial charge >= 0.3 is 0 Å². The van der Waals surface area contributed by atoms with Crippen LogP contribution in [0.5, 0.6) is 5.75 Å². The summed E-state index contributed by atoms with van der Waals surface area (Å²) in [6.07, 6.45) is 2.69. The van der Waals surface area contributed by atoms with Crippen molar-refractivity contribution in [2.75, 3.05) is 27.2 Å². The Bertz CT molecular complexity index is 586. The SMILES string of the molecule is CC(=O)c1cccc(OC(C)C(=O)N2CCCCC2CN(C)C)c1. The third kappa shape index (κ3) is 4.81. The molecule has 1 amide bonds. The highest BCUT2D eigenvalue weighted by Gasteiger charge is 2.30. The maximum absolute atomic E-state index is 12.8. The van der Waals surface area contributed by atoms with Gasteiger partial charge in [-0.3, -0.25) is 9.59 Å². The Morgan fingerprint density at radius 3 is 2.75 bits per heavy atom. The standard InChI is InChI=1S/C19H28N2O3/c1-14(22)16-8-7-10-18(12-16)24-15(2)19(23)21-11-6-5-9-17(21)13-20(3)4/h7-8,10,12,15,17H,5-6,9,11,13H2,1-4H3. The fourth-order valence-electron chi connectivity index (χ4n) is 3.18. The zero-order valence-corrected chi connectivity index (χ0v) is 15.1. The van der Waals surface area contributed by atoms with Crippen molar-refractivity contribution >= 4 is 11.7 Å². The molecular formula is C19H28N2O3. The number of hydrogen-bond acceptors (Lipinski definition) is 4. The van der Waals surface area contributed by atoms with Crippen molar-refractivity contribution in [3.63, 3.8) is 0 Å². The Kier molecular flexibility index (Phi) is 6.37. The molecule has 5 nitrogen and oxygen atoms in total. The van der Waals surface area contributed by atoms with E-state index in [0.717, 1.165) is 32.4 Å². The lowest BCUT2D eigenvalue weighted by atomic mass is 10.0. The molecule has 2 rings (SSSR count). The summed E-state index contributed by atoms with van der Waals surface area (Å²) in [6, 6.07) is 7.25. The average molecular weight is 332 g/mol. The first kappa shape index (κ1) is 18.5. The number of rotatable bonds is 6. The van der Waals surface area contributed by atoms with Crippen LogP contribution < -0.4 is 4.74 Å². The predicted octanol–water partition coefficient (Wildman–Crippen LogP) is 2.60. The molecule has 1 heterocycles. The molecule has 2 unspecified atom stereocenters. The third-order valence-electron chi connectivity index (χ3n) is 4.39. The van der Waals surface area contributed by atoms with Crippen molar-refractivity contribution in [2.45, 2.75) is 45.3 Å². The first-order valence-corrected chi connectivity index (χ1v) is 8.61. The molecule has 1 aliphatic rings.